The van der Waals surface area contributed by atoms with E-state index < -0.39 is 16.4 Å². The first kappa shape index (κ1) is 14.3. The van der Waals surface area contributed by atoms with E-state index in [1.54, 1.807) is 0 Å². The van der Waals surface area contributed by atoms with Crippen LogP contribution in [0.2, 0.25) is 5.02 Å². The Morgan fingerprint density at radius 2 is 1.91 bits per heavy atom. The number of benzene rings is 2. The molecule has 0 radical (unpaired) electrons. The number of hydrogen-bond donors (Lipinski definition) is 3. The molecule has 1 atom stereocenters. The summed E-state index contributed by atoms with van der Waals surface area (Å²) in [6, 6.07) is 7.49. The topological polar surface area (TPSA) is 113 Å². The zero-order valence-electron chi connectivity index (χ0n) is 10.9. The van der Waals surface area contributed by atoms with Gasteiger partial charge >= 0.3 is 0 Å². The van der Waals surface area contributed by atoms with Gasteiger partial charge in [0.1, 0.15) is 5.75 Å². The summed E-state index contributed by atoms with van der Waals surface area (Å²) in [7, 11) is 0. The SMILES string of the molecule is O=C1Nc2ccc([N+](=O)[O-])cc2C1(O)c1cc(Cl)ccc1O. The Morgan fingerprint density at radius 3 is 2.59 bits per heavy atom. The van der Waals surface area contributed by atoms with E-state index in [1.165, 1.54) is 30.3 Å². The Kier molecular flexibility index (Phi) is 3.05. The van der Waals surface area contributed by atoms with E-state index in [4.69, 9.17) is 11.6 Å². The number of hydrogen-bond acceptors (Lipinski definition) is 5. The van der Waals surface area contributed by atoms with Gasteiger partial charge in [0.25, 0.3) is 11.6 Å². The van der Waals surface area contributed by atoms with Crippen molar-refractivity contribution in [1.29, 1.82) is 0 Å². The second-order valence-electron chi connectivity index (χ2n) is 4.81. The summed E-state index contributed by atoms with van der Waals surface area (Å²) in [5.41, 5.74) is -2.45. The van der Waals surface area contributed by atoms with Crippen molar-refractivity contribution in [2.24, 2.45) is 0 Å². The van der Waals surface area contributed by atoms with Gasteiger partial charge in [-0.15, -0.1) is 0 Å². The molecular formula is C14H9ClN2O5. The molecule has 0 spiro atoms. The highest BCUT2D eigenvalue weighted by atomic mass is 35.5. The molecule has 22 heavy (non-hydrogen) atoms. The van der Waals surface area contributed by atoms with Gasteiger partial charge in [-0.3, -0.25) is 14.9 Å². The van der Waals surface area contributed by atoms with Crippen LogP contribution in [0.1, 0.15) is 11.1 Å². The third-order valence-electron chi connectivity index (χ3n) is 3.53. The normalized spacial score (nSPS) is 19.6. The molecule has 0 saturated heterocycles. The van der Waals surface area contributed by atoms with Crippen LogP contribution in [0.15, 0.2) is 36.4 Å². The molecule has 3 rings (SSSR count). The number of nitro groups is 1. The number of halogens is 1. The van der Waals surface area contributed by atoms with Crippen LogP contribution in [0.3, 0.4) is 0 Å². The molecule has 1 amide bonds. The monoisotopic (exact) mass is 320 g/mol. The molecule has 2 aromatic rings. The third-order valence-corrected chi connectivity index (χ3v) is 3.76. The number of non-ortho nitro benzene ring substituents is 1. The van der Waals surface area contributed by atoms with E-state index >= 15 is 0 Å². The summed E-state index contributed by atoms with van der Waals surface area (Å²) in [6.07, 6.45) is 0. The van der Waals surface area contributed by atoms with Crippen LogP contribution in [0.25, 0.3) is 0 Å². The van der Waals surface area contributed by atoms with Gasteiger partial charge in [-0.1, -0.05) is 11.6 Å². The molecule has 1 heterocycles. The molecule has 0 aromatic heterocycles. The van der Waals surface area contributed by atoms with Crippen LogP contribution >= 0.6 is 11.6 Å². The Hall–Kier alpha value is -2.64. The van der Waals surface area contributed by atoms with Gasteiger partial charge in [-0.2, -0.15) is 0 Å². The summed E-state index contributed by atoms with van der Waals surface area (Å²) >= 11 is 5.85. The highest BCUT2D eigenvalue weighted by Crippen LogP contribution is 2.45. The van der Waals surface area contributed by atoms with Gasteiger partial charge in [0.15, 0.2) is 5.60 Å². The number of phenolic OH excluding ortho intramolecular Hbond substituents is 1. The molecule has 1 aliphatic heterocycles. The minimum absolute atomic E-state index is 0.00994. The van der Waals surface area contributed by atoms with E-state index in [1.807, 2.05) is 0 Å². The van der Waals surface area contributed by atoms with Crippen LogP contribution in [-0.4, -0.2) is 21.0 Å². The Morgan fingerprint density at radius 1 is 1.18 bits per heavy atom. The van der Waals surface area contributed by atoms with Crippen LogP contribution < -0.4 is 5.32 Å². The number of aliphatic hydroxyl groups is 1. The molecule has 0 aliphatic carbocycles. The molecule has 112 valence electrons. The molecule has 0 bridgehead atoms. The van der Waals surface area contributed by atoms with Crippen LogP contribution in [-0.2, 0) is 10.4 Å². The zero-order chi connectivity index (χ0) is 16.1. The van der Waals surface area contributed by atoms with Crippen LogP contribution in [0.4, 0.5) is 11.4 Å². The lowest BCUT2D eigenvalue weighted by molar-refractivity contribution is -0.385. The summed E-state index contributed by atoms with van der Waals surface area (Å²) in [6.45, 7) is 0. The summed E-state index contributed by atoms with van der Waals surface area (Å²) in [5, 5.41) is 34.3. The Labute approximate surface area is 128 Å². The molecule has 1 unspecified atom stereocenters. The fourth-order valence-electron chi connectivity index (χ4n) is 2.45. The Bertz CT molecular complexity index is 823. The fraction of sp³-hybridized carbons (Fsp3) is 0.0714. The maximum absolute atomic E-state index is 12.2. The molecule has 8 heteroatoms. The minimum Gasteiger partial charge on any atom is -0.508 e. The van der Waals surface area contributed by atoms with E-state index in [9.17, 15) is 25.1 Å². The van der Waals surface area contributed by atoms with E-state index in [0.29, 0.717) is 0 Å². The number of anilines is 1. The Balaban J connectivity index is 2.28. The molecule has 7 nitrogen and oxygen atoms in total. The van der Waals surface area contributed by atoms with Crippen molar-refractivity contribution in [1.82, 2.24) is 0 Å². The number of carbonyl (C=O) groups excluding carboxylic acids is 1. The third kappa shape index (κ3) is 1.91. The van der Waals surface area contributed by atoms with E-state index in [2.05, 4.69) is 5.32 Å². The largest absolute Gasteiger partial charge is 0.508 e. The second kappa shape index (κ2) is 4.69. The predicted molar refractivity (Wildman–Crippen MR) is 77.8 cm³/mol. The lowest BCUT2D eigenvalue weighted by atomic mass is 9.86. The number of nitro benzene ring substituents is 1. The highest BCUT2D eigenvalue weighted by Gasteiger charge is 2.49. The maximum atomic E-state index is 12.2. The number of nitrogens with zero attached hydrogens (tertiary/aromatic N) is 1. The molecule has 3 N–H and O–H groups in total. The first-order valence-corrected chi connectivity index (χ1v) is 6.53. The van der Waals surface area contributed by atoms with Crippen molar-refractivity contribution in [3.05, 3.63) is 62.7 Å². The molecule has 1 aliphatic rings. The minimum atomic E-state index is -2.25. The number of phenols is 1. The van der Waals surface area contributed by atoms with Crippen molar-refractivity contribution < 1.29 is 19.9 Å². The van der Waals surface area contributed by atoms with Crippen molar-refractivity contribution in [3.8, 4) is 5.75 Å². The zero-order valence-corrected chi connectivity index (χ0v) is 11.7. The first-order chi connectivity index (χ1) is 10.3. The number of rotatable bonds is 2. The second-order valence-corrected chi connectivity index (χ2v) is 5.25. The molecule has 2 aromatic carbocycles. The average Bonchev–Trinajstić information content (AvgIpc) is 2.73. The number of carbonyl (C=O) groups is 1. The summed E-state index contributed by atoms with van der Waals surface area (Å²) < 4.78 is 0. The van der Waals surface area contributed by atoms with Gasteiger partial charge in [0.05, 0.1) is 4.92 Å². The maximum Gasteiger partial charge on any atom is 0.269 e. The predicted octanol–water partition coefficient (Wildman–Crippen LogP) is 2.14. The fourth-order valence-corrected chi connectivity index (χ4v) is 2.63. The number of fused-ring (bicyclic) bond motifs is 1. The van der Waals surface area contributed by atoms with E-state index in [-0.39, 0.29) is 33.3 Å². The highest BCUT2D eigenvalue weighted by molar-refractivity contribution is 6.30. The lowest BCUT2D eigenvalue weighted by Crippen LogP contribution is -2.35. The van der Waals surface area contributed by atoms with Gasteiger partial charge in [-0.05, 0) is 24.3 Å². The summed E-state index contributed by atoms with van der Waals surface area (Å²) in [4.78, 5) is 22.5. The lowest BCUT2D eigenvalue weighted by Gasteiger charge is -2.22. The van der Waals surface area contributed by atoms with Gasteiger partial charge in [0, 0.05) is 34.0 Å². The molecule has 0 saturated carbocycles. The van der Waals surface area contributed by atoms with Gasteiger partial charge < -0.3 is 15.5 Å². The van der Waals surface area contributed by atoms with Crippen molar-refractivity contribution in [2.45, 2.75) is 5.60 Å². The number of aromatic hydroxyl groups is 1. The van der Waals surface area contributed by atoms with Gasteiger partial charge in [-0.25, -0.2) is 0 Å². The van der Waals surface area contributed by atoms with Crippen molar-refractivity contribution >= 4 is 28.9 Å². The van der Waals surface area contributed by atoms with E-state index in [0.717, 1.165) is 6.07 Å². The van der Waals surface area contributed by atoms with Crippen molar-refractivity contribution in [3.63, 3.8) is 0 Å². The van der Waals surface area contributed by atoms with Gasteiger partial charge in [0.2, 0.25) is 0 Å². The summed E-state index contributed by atoms with van der Waals surface area (Å²) in [5.74, 6) is -1.16. The quantitative estimate of drug-likeness (QED) is 0.579. The molecule has 0 fully saturated rings. The smallest absolute Gasteiger partial charge is 0.269 e. The van der Waals surface area contributed by atoms with Crippen LogP contribution in [0, 0.1) is 10.1 Å². The van der Waals surface area contributed by atoms with Crippen molar-refractivity contribution in [2.75, 3.05) is 5.32 Å². The molecular weight excluding hydrogens is 312 g/mol. The standard InChI is InChI=1S/C14H9ClN2O5/c15-7-1-4-12(18)10(5-7)14(20)9-6-8(17(21)22)2-3-11(9)16-13(14)19/h1-6,18,20H,(H,16,19). The first-order valence-electron chi connectivity index (χ1n) is 6.16. The average molecular weight is 321 g/mol. The number of nitrogens with one attached hydrogen (secondary N) is 1. The number of amides is 1. The van der Waals surface area contributed by atoms with Crippen LogP contribution in [0.5, 0.6) is 5.75 Å².